The SMILES string of the molecule is C=CCOC(=O)C1C(OC(C)=O)CCN1C(=O)OCC1c2ccccc2-c2ccccc21. The van der Waals surface area contributed by atoms with Crippen LogP contribution < -0.4 is 0 Å². The Balaban J connectivity index is 1.50. The van der Waals surface area contributed by atoms with Crippen molar-refractivity contribution in [3.8, 4) is 11.1 Å². The van der Waals surface area contributed by atoms with Gasteiger partial charge in [0.05, 0.1) is 0 Å². The predicted molar refractivity (Wildman–Crippen MR) is 117 cm³/mol. The third-order valence-corrected chi connectivity index (χ3v) is 5.82. The van der Waals surface area contributed by atoms with Crippen molar-refractivity contribution in [2.45, 2.75) is 31.4 Å². The van der Waals surface area contributed by atoms with Crippen molar-refractivity contribution in [2.24, 2.45) is 0 Å². The summed E-state index contributed by atoms with van der Waals surface area (Å²) in [5, 5.41) is 0. The summed E-state index contributed by atoms with van der Waals surface area (Å²) >= 11 is 0. The molecule has 2 aromatic rings. The van der Waals surface area contributed by atoms with Gasteiger partial charge in [-0.1, -0.05) is 61.2 Å². The van der Waals surface area contributed by atoms with Crippen LogP contribution in [-0.4, -0.2) is 54.8 Å². The lowest BCUT2D eigenvalue weighted by atomic mass is 9.98. The van der Waals surface area contributed by atoms with Crippen LogP contribution in [-0.2, 0) is 23.8 Å². The van der Waals surface area contributed by atoms with Gasteiger partial charge in [0.25, 0.3) is 0 Å². The fourth-order valence-electron chi connectivity index (χ4n) is 4.49. The molecule has 0 spiro atoms. The third kappa shape index (κ3) is 4.10. The summed E-state index contributed by atoms with van der Waals surface area (Å²) < 4.78 is 16.1. The summed E-state index contributed by atoms with van der Waals surface area (Å²) in [6.45, 7) is 5.15. The number of ether oxygens (including phenoxy) is 3. The molecule has 2 unspecified atom stereocenters. The van der Waals surface area contributed by atoms with E-state index in [1.54, 1.807) is 0 Å². The van der Waals surface area contributed by atoms with E-state index in [0.717, 1.165) is 22.3 Å². The molecule has 0 bridgehead atoms. The number of carbonyl (C=O) groups is 3. The molecule has 2 atom stereocenters. The molecule has 1 saturated heterocycles. The number of carbonyl (C=O) groups excluding carboxylic acids is 3. The quantitative estimate of drug-likeness (QED) is 0.391. The summed E-state index contributed by atoms with van der Waals surface area (Å²) in [6, 6.07) is 15.1. The number of nitrogens with zero attached hydrogens (tertiary/aromatic N) is 1. The van der Waals surface area contributed by atoms with E-state index in [0.29, 0.717) is 6.42 Å². The topological polar surface area (TPSA) is 82.1 Å². The Morgan fingerprint density at radius 2 is 1.66 bits per heavy atom. The highest BCUT2D eigenvalue weighted by Gasteiger charge is 2.46. The lowest BCUT2D eigenvalue weighted by Gasteiger charge is -2.26. The number of likely N-dealkylation sites (tertiary alicyclic amines) is 1. The van der Waals surface area contributed by atoms with Gasteiger partial charge in [0.15, 0.2) is 6.04 Å². The van der Waals surface area contributed by atoms with Gasteiger partial charge in [-0.05, 0) is 22.3 Å². The minimum atomic E-state index is -1.05. The molecule has 32 heavy (non-hydrogen) atoms. The Morgan fingerprint density at radius 3 is 2.25 bits per heavy atom. The lowest BCUT2D eigenvalue weighted by Crippen LogP contribution is -2.47. The molecule has 2 aromatic carbocycles. The molecule has 1 aliphatic heterocycles. The summed E-state index contributed by atoms with van der Waals surface area (Å²) in [7, 11) is 0. The molecule has 0 N–H and O–H groups in total. The Morgan fingerprint density at radius 1 is 1.03 bits per heavy atom. The Labute approximate surface area is 186 Å². The molecule has 0 aromatic heterocycles. The van der Waals surface area contributed by atoms with E-state index in [1.807, 2.05) is 36.4 Å². The molecule has 7 heteroatoms. The highest BCUT2D eigenvalue weighted by Crippen LogP contribution is 2.44. The second kappa shape index (κ2) is 9.26. The van der Waals surface area contributed by atoms with Crippen LogP contribution in [0.15, 0.2) is 61.2 Å². The van der Waals surface area contributed by atoms with Gasteiger partial charge < -0.3 is 14.2 Å². The van der Waals surface area contributed by atoms with Crippen molar-refractivity contribution in [1.82, 2.24) is 4.90 Å². The molecule has 2 aliphatic rings. The van der Waals surface area contributed by atoms with Crippen molar-refractivity contribution in [3.63, 3.8) is 0 Å². The summed E-state index contributed by atoms with van der Waals surface area (Å²) in [6.07, 6.45) is 0.357. The monoisotopic (exact) mass is 435 g/mol. The van der Waals surface area contributed by atoms with Gasteiger partial charge in [-0.3, -0.25) is 9.69 Å². The maximum atomic E-state index is 13.0. The van der Waals surface area contributed by atoms with Crippen LogP contribution in [0.2, 0.25) is 0 Å². The van der Waals surface area contributed by atoms with Gasteiger partial charge in [0.2, 0.25) is 0 Å². The van der Waals surface area contributed by atoms with Crippen LogP contribution in [0.3, 0.4) is 0 Å². The van der Waals surface area contributed by atoms with Crippen LogP contribution in [0.4, 0.5) is 4.79 Å². The van der Waals surface area contributed by atoms with Gasteiger partial charge in [-0.25, -0.2) is 9.59 Å². The Bertz CT molecular complexity index is 1000. The Hall–Kier alpha value is -3.61. The first-order valence-electron chi connectivity index (χ1n) is 10.6. The van der Waals surface area contributed by atoms with Crippen LogP contribution in [0, 0.1) is 0 Å². The van der Waals surface area contributed by atoms with E-state index in [4.69, 9.17) is 14.2 Å². The number of esters is 2. The van der Waals surface area contributed by atoms with E-state index in [9.17, 15) is 14.4 Å². The van der Waals surface area contributed by atoms with Crippen molar-refractivity contribution in [3.05, 3.63) is 72.3 Å². The molecule has 1 amide bonds. The van der Waals surface area contributed by atoms with Gasteiger partial charge in [0, 0.05) is 25.8 Å². The van der Waals surface area contributed by atoms with Crippen molar-refractivity contribution >= 4 is 18.0 Å². The molecule has 0 radical (unpaired) electrons. The minimum Gasteiger partial charge on any atom is -0.460 e. The molecule has 1 fully saturated rings. The normalized spacial score (nSPS) is 19.1. The number of amides is 1. The minimum absolute atomic E-state index is 0.000649. The first kappa shape index (κ1) is 21.6. The molecule has 7 nitrogen and oxygen atoms in total. The fraction of sp³-hybridized carbons (Fsp3) is 0.320. The van der Waals surface area contributed by atoms with Crippen molar-refractivity contribution in [1.29, 1.82) is 0 Å². The van der Waals surface area contributed by atoms with E-state index in [1.165, 1.54) is 17.9 Å². The van der Waals surface area contributed by atoms with Crippen LogP contribution in [0.1, 0.15) is 30.4 Å². The standard InChI is InChI=1S/C25H25NO6/c1-3-14-30-24(28)23-22(32-16(2)27)12-13-26(23)25(29)31-15-21-19-10-6-4-8-17(19)18-9-5-7-11-20(18)21/h3-11,21-23H,1,12-15H2,2H3. The van der Waals surface area contributed by atoms with Crippen LogP contribution >= 0.6 is 0 Å². The summed E-state index contributed by atoms with van der Waals surface area (Å²) in [4.78, 5) is 38.3. The molecular weight excluding hydrogens is 410 g/mol. The Kier molecular flexibility index (Phi) is 6.25. The van der Waals surface area contributed by atoms with Gasteiger partial charge in [-0.15, -0.1) is 0 Å². The average molecular weight is 435 g/mol. The summed E-state index contributed by atoms with van der Waals surface area (Å²) in [5.74, 6) is -1.27. The zero-order valence-corrected chi connectivity index (χ0v) is 17.9. The lowest BCUT2D eigenvalue weighted by molar-refractivity contribution is -0.157. The highest BCUT2D eigenvalue weighted by atomic mass is 16.6. The number of rotatable bonds is 6. The van der Waals surface area contributed by atoms with Gasteiger partial charge in [0.1, 0.15) is 19.3 Å². The molecule has 1 aliphatic carbocycles. The van der Waals surface area contributed by atoms with E-state index in [2.05, 4.69) is 18.7 Å². The number of fused-ring (bicyclic) bond motifs is 3. The second-order valence-electron chi connectivity index (χ2n) is 7.80. The maximum Gasteiger partial charge on any atom is 0.410 e. The van der Waals surface area contributed by atoms with Crippen molar-refractivity contribution < 1.29 is 28.6 Å². The molecule has 166 valence electrons. The predicted octanol–water partition coefficient (Wildman–Crippen LogP) is 3.67. The number of hydrogen-bond donors (Lipinski definition) is 0. The number of benzene rings is 2. The smallest absolute Gasteiger partial charge is 0.410 e. The average Bonchev–Trinajstić information content (AvgIpc) is 3.35. The third-order valence-electron chi connectivity index (χ3n) is 5.82. The maximum absolute atomic E-state index is 13.0. The van der Waals surface area contributed by atoms with E-state index < -0.39 is 30.2 Å². The summed E-state index contributed by atoms with van der Waals surface area (Å²) in [5.41, 5.74) is 4.46. The zero-order chi connectivity index (χ0) is 22.7. The molecule has 4 rings (SSSR count). The van der Waals surface area contributed by atoms with Gasteiger partial charge >= 0.3 is 18.0 Å². The number of hydrogen-bond acceptors (Lipinski definition) is 6. The first-order chi connectivity index (χ1) is 15.5. The van der Waals surface area contributed by atoms with E-state index in [-0.39, 0.29) is 25.7 Å². The largest absolute Gasteiger partial charge is 0.460 e. The molecule has 0 saturated carbocycles. The van der Waals surface area contributed by atoms with Crippen molar-refractivity contribution in [2.75, 3.05) is 19.8 Å². The van der Waals surface area contributed by atoms with E-state index >= 15 is 0 Å². The van der Waals surface area contributed by atoms with Crippen LogP contribution in [0.5, 0.6) is 0 Å². The highest BCUT2D eigenvalue weighted by molar-refractivity contribution is 5.84. The van der Waals surface area contributed by atoms with Crippen LogP contribution in [0.25, 0.3) is 11.1 Å². The molecular formula is C25H25NO6. The first-order valence-corrected chi connectivity index (χ1v) is 10.6. The fourth-order valence-corrected chi connectivity index (χ4v) is 4.49. The molecule has 1 heterocycles. The zero-order valence-electron chi connectivity index (χ0n) is 17.9. The second-order valence-corrected chi connectivity index (χ2v) is 7.80. The van der Waals surface area contributed by atoms with Gasteiger partial charge in [-0.2, -0.15) is 0 Å².